The van der Waals surface area contributed by atoms with E-state index < -0.39 is 17.5 Å². The van der Waals surface area contributed by atoms with Gasteiger partial charge in [-0.2, -0.15) is 5.26 Å². The van der Waals surface area contributed by atoms with Crippen LogP contribution >= 0.6 is 0 Å². The maximum absolute atomic E-state index is 15.5. The van der Waals surface area contributed by atoms with Crippen LogP contribution in [0.3, 0.4) is 0 Å². The molecule has 0 aliphatic rings. The van der Waals surface area contributed by atoms with Crippen molar-refractivity contribution < 1.29 is 13.2 Å². The van der Waals surface area contributed by atoms with Crippen molar-refractivity contribution in [3.05, 3.63) is 83.3 Å². The SMILES string of the molecule is C=CNCCCC(C/C=C/C(=C(\C)c1cc(N)c(NCC(C)(C)C)c(F)c1F)c1ccc(C#N)c(F)c1)N(C)C. The second-order valence-corrected chi connectivity index (χ2v) is 11.3. The van der Waals surface area contributed by atoms with E-state index in [9.17, 15) is 4.39 Å². The molecule has 0 aromatic heterocycles. The molecule has 2 rings (SSSR count). The highest BCUT2D eigenvalue weighted by molar-refractivity contribution is 5.96. The Labute approximate surface area is 237 Å². The van der Waals surface area contributed by atoms with Crippen molar-refractivity contribution in [2.45, 2.75) is 53.0 Å². The van der Waals surface area contributed by atoms with Crippen molar-refractivity contribution in [3.8, 4) is 6.07 Å². The van der Waals surface area contributed by atoms with Crippen LogP contribution in [0.2, 0.25) is 0 Å². The molecule has 1 unspecified atom stereocenters. The first-order valence-electron chi connectivity index (χ1n) is 13.4. The smallest absolute Gasteiger partial charge is 0.184 e. The van der Waals surface area contributed by atoms with Crippen molar-refractivity contribution in [3.63, 3.8) is 0 Å². The number of nitriles is 1. The minimum Gasteiger partial charge on any atom is -0.397 e. The molecule has 40 heavy (non-hydrogen) atoms. The molecule has 0 spiro atoms. The van der Waals surface area contributed by atoms with Gasteiger partial charge in [0, 0.05) is 24.7 Å². The number of nitrogens with zero attached hydrogens (tertiary/aromatic N) is 2. The van der Waals surface area contributed by atoms with Gasteiger partial charge in [-0.15, -0.1) is 0 Å². The third kappa shape index (κ3) is 8.92. The van der Waals surface area contributed by atoms with E-state index in [1.807, 2.05) is 47.0 Å². The van der Waals surface area contributed by atoms with Crippen LogP contribution in [0.4, 0.5) is 24.5 Å². The van der Waals surface area contributed by atoms with Crippen LogP contribution in [0, 0.1) is 34.2 Å². The second kappa shape index (κ2) is 14.6. The van der Waals surface area contributed by atoms with Crippen LogP contribution in [0.1, 0.15) is 63.6 Å². The monoisotopic (exact) mass is 553 g/mol. The fourth-order valence-corrected chi connectivity index (χ4v) is 4.28. The Morgan fingerprint density at radius 3 is 2.45 bits per heavy atom. The predicted molar refractivity (Wildman–Crippen MR) is 161 cm³/mol. The summed E-state index contributed by atoms with van der Waals surface area (Å²) in [7, 11) is 4.02. The molecular formula is C32H42F3N5. The van der Waals surface area contributed by atoms with E-state index in [2.05, 4.69) is 22.1 Å². The van der Waals surface area contributed by atoms with Gasteiger partial charge in [0.15, 0.2) is 11.6 Å². The lowest BCUT2D eigenvalue weighted by Gasteiger charge is -2.23. The molecule has 0 heterocycles. The van der Waals surface area contributed by atoms with Gasteiger partial charge in [-0.25, -0.2) is 13.2 Å². The molecule has 1 atom stereocenters. The first kappa shape index (κ1) is 32.5. The molecule has 0 aliphatic heterocycles. The number of nitrogens with two attached hydrogens (primary N) is 1. The summed E-state index contributed by atoms with van der Waals surface area (Å²) in [5.74, 6) is -2.79. The van der Waals surface area contributed by atoms with Gasteiger partial charge >= 0.3 is 0 Å². The number of hydrogen-bond acceptors (Lipinski definition) is 5. The number of benzene rings is 2. The Bertz CT molecular complexity index is 1280. The van der Waals surface area contributed by atoms with E-state index >= 15 is 8.78 Å². The fourth-order valence-electron chi connectivity index (χ4n) is 4.28. The van der Waals surface area contributed by atoms with Crippen LogP contribution in [-0.4, -0.2) is 38.1 Å². The summed E-state index contributed by atoms with van der Waals surface area (Å²) >= 11 is 0. The number of anilines is 2. The minimum absolute atomic E-state index is 0.0135. The maximum Gasteiger partial charge on any atom is 0.184 e. The summed E-state index contributed by atoms with van der Waals surface area (Å²) in [5, 5.41) is 15.2. The predicted octanol–water partition coefficient (Wildman–Crippen LogP) is 7.34. The molecule has 5 nitrogen and oxygen atoms in total. The van der Waals surface area contributed by atoms with Gasteiger partial charge in [0.25, 0.3) is 0 Å². The van der Waals surface area contributed by atoms with Crippen LogP contribution < -0.4 is 16.4 Å². The Morgan fingerprint density at radius 1 is 1.18 bits per heavy atom. The summed E-state index contributed by atoms with van der Waals surface area (Å²) in [4.78, 5) is 2.13. The zero-order valence-corrected chi connectivity index (χ0v) is 24.5. The molecule has 0 saturated heterocycles. The molecule has 0 radical (unpaired) electrons. The van der Waals surface area contributed by atoms with Crippen LogP contribution in [0.25, 0.3) is 11.1 Å². The minimum atomic E-state index is -1.06. The van der Waals surface area contributed by atoms with Gasteiger partial charge < -0.3 is 21.3 Å². The van der Waals surface area contributed by atoms with Crippen molar-refractivity contribution >= 4 is 22.5 Å². The van der Waals surface area contributed by atoms with Gasteiger partial charge in [0.05, 0.1) is 16.9 Å². The summed E-state index contributed by atoms with van der Waals surface area (Å²) in [6, 6.07) is 7.68. The van der Waals surface area contributed by atoms with Crippen molar-refractivity contribution in [2.75, 3.05) is 38.2 Å². The van der Waals surface area contributed by atoms with Gasteiger partial charge in [-0.1, -0.05) is 45.6 Å². The topological polar surface area (TPSA) is 77.1 Å². The first-order chi connectivity index (χ1) is 18.8. The molecule has 0 fully saturated rings. The van der Waals surface area contributed by atoms with Crippen LogP contribution in [0.5, 0.6) is 0 Å². The first-order valence-corrected chi connectivity index (χ1v) is 13.4. The molecule has 0 amide bonds. The van der Waals surface area contributed by atoms with Gasteiger partial charge in [0.2, 0.25) is 0 Å². The molecule has 0 aliphatic carbocycles. The number of rotatable bonds is 13. The highest BCUT2D eigenvalue weighted by Crippen LogP contribution is 2.36. The van der Waals surface area contributed by atoms with Crippen molar-refractivity contribution in [2.24, 2.45) is 5.41 Å². The lowest BCUT2D eigenvalue weighted by Crippen LogP contribution is -2.28. The normalized spacial score (nSPS) is 13.2. The highest BCUT2D eigenvalue weighted by Gasteiger charge is 2.22. The van der Waals surface area contributed by atoms with E-state index in [0.717, 1.165) is 19.4 Å². The summed E-state index contributed by atoms with van der Waals surface area (Å²) in [6.45, 7) is 12.5. The molecule has 2 aromatic rings. The molecule has 2 aromatic carbocycles. The summed E-state index contributed by atoms with van der Waals surface area (Å²) in [5.41, 5.74) is 7.23. The zero-order chi connectivity index (χ0) is 30.0. The Morgan fingerprint density at radius 2 is 1.88 bits per heavy atom. The average Bonchev–Trinajstić information content (AvgIpc) is 2.88. The van der Waals surface area contributed by atoms with Crippen LogP contribution in [0.15, 0.2) is 49.2 Å². The fraction of sp³-hybridized carbons (Fsp3) is 0.406. The largest absolute Gasteiger partial charge is 0.397 e. The molecule has 0 bridgehead atoms. The van der Waals surface area contributed by atoms with Gasteiger partial charge in [-0.05, 0) is 86.8 Å². The highest BCUT2D eigenvalue weighted by atomic mass is 19.2. The third-order valence-corrected chi connectivity index (χ3v) is 6.67. The standard InChI is InChI=1S/C32H42F3N5/c1-8-38-16-10-12-24(40(6)7)11-9-13-25(22-14-15-23(19-36)27(33)17-22)21(2)26-18-28(37)31(30(35)29(26)34)39-20-32(3,4)5/h8-9,13-15,17-18,24,38-39H,1,10-12,16,20,37H2,2-7H3/b13-9+,25-21-. The van der Waals surface area contributed by atoms with Gasteiger partial charge in [0.1, 0.15) is 11.9 Å². The van der Waals surface area contributed by atoms with Crippen LogP contribution in [-0.2, 0) is 0 Å². The van der Waals surface area contributed by atoms with E-state index in [4.69, 9.17) is 11.0 Å². The van der Waals surface area contributed by atoms with E-state index in [-0.39, 0.29) is 34.0 Å². The number of allylic oxidation sites excluding steroid dienone is 3. The lowest BCUT2D eigenvalue weighted by atomic mass is 9.92. The molecule has 0 saturated carbocycles. The number of nitrogens with one attached hydrogen (secondary N) is 2. The third-order valence-electron chi connectivity index (χ3n) is 6.67. The maximum atomic E-state index is 15.5. The average molecular weight is 554 g/mol. The number of hydrogen-bond donors (Lipinski definition) is 3. The van der Waals surface area contributed by atoms with E-state index in [0.29, 0.717) is 29.7 Å². The zero-order valence-electron chi connectivity index (χ0n) is 24.5. The summed E-state index contributed by atoms with van der Waals surface area (Å²) in [6.07, 6.45) is 7.99. The molecular weight excluding hydrogens is 511 g/mol. The summed E-state index contributed by atoms with van der Waals surface area (Å²) < 4.78 is 45.3. The van der Waals surface area contributed by atoms with Gasteiger partial charge in [-0.3, -0.25) is 0 Å². The number of nitrogen functional groups attached to an aromatic ring is 1. The lowest BCUT2D eigenvalue weighted by molar-refractivity contribution is 0.275. The van der Waals surface area contributed by atoms with E-state index in [1.54, 1.807) is 25.3 Å². The molecule has 216 valence electrons. The second-order valence-electron chi connectivity index (χ2n) is 11.3. The van der Waals surface area contributed by atoms with Crippen molar-refractivity contribution in [1.29, 1.82) is 5.26 Å². The Kier molecular flexibility index (Phi) is 11.9. The Hall–Kier alpha value is -3.70. The Balaban J connectivity index is 2.56. The quantitative estimate of drug-likeness (QED) is 0.105. The van der Waals surface area contributed by atoms with Crippen molar-refractivity contribution in [1.82, 2.24) is 10.2 Å². The molecule has 8 heteroatoms. The number of halogens is 3. The van der Waals surface area contributed by atoms with E-state index in [1.165, 1.54) is 18.2 Å². The molecule has 4 N–H and O–H groups in total.